The second kappa shape index (κ2) is 6.66. The maximum Gasteiger partial charge on any atom is 0.270 e. The molecule has 1 aromatic carbocycles. The Hall–Kier alpha value is -3.27. The van der Waals surface area contributed by atoms with Crippen LogP contribution >= 0.6 is 11.3 Å². The van der Waals surface area contributed by atoms with Gasteiger partial charge in [-0.2, -0.15) is 0 Å². The molecule has 0 aliphatic rings. The van der Waals surface area contributed by atoms with E-state index in [1.54, 1.807) is 17.5 Å². The summed E-state index contributed by atoms with van der Waals surface area (Å²) in [6.45, 7) is 0. The fourth-order valence-electron chi connectivity index (χ4n) is 1.65. The minimum atomic E-state index is -0.958. The second-order valence-electron chi connectivity index (χ2n) is 4.28. The van der Waals surface area contributed by atoms with E-state index in [4.69, 9.17) is 11.5 Å². The lowest BCUT2D eigenvalue weighted by Gasteiger charge is -1.99. The van der Waals surface area contributed by atoms with Gasteiger partial charge in [-0.1, -0.05) is 12.1 Å². The van der Waals surface area contributed by atoms with Crippen molar-refractivity contribution >= 4 is 34.0 Å². The molecule has 23 heavy (non-hydrogen) atoms. The highest BCUT2D eigenvalue weighted by atomic mass is 32.1. The molecule has 0 fully saturated rings. The normalized spacial score (nSPS) is 9.91. The van der Waals surface area contributed by atoms with Gasteiger partial charge in [0, 0.05) is 29.3 Å². The second-order valence-corrected chi connectivity index (χ2v) is 5.13. The molecule has 2 amide bonds. The Bertz CT molecular complexity index is 798. The molecule has 9 nitrogen and oxygen atoms in total. The molecule has 0 aliphatic heterocycles. The number of carbonyl (C=O) groups excluding carboxylic acids is 2. The molecule has 0 saturated heterocycles. The Balaban J connectivity index is 2.23. The van der Waals surface area contributed by atoms with Crippen LogP contribution in [0.15, 0.2) is 41.4 Å². The predicted octanol–water partition coefficient (Wildman–Crippen LogP) is 0.985. The van der Waals surface area contributed by atoms with E-state index >= 15 is 0 Å². The average molecular weight is 333 g/mol. The molecule has 1 heterocycles. The summed E-state index contributed by atoms with van der Waals surface area (Å²) in [5, 5.41) is 15.5. The van der Waals surface area contributed by atoms with Crippen molar-refractivity contribution in [3.63, 3.8) is 0 Å². The molecule has 118 valence electrons. The molecule has 0 saturated carbocycles. The standard InChI is InChI=1S/C13H11N5O4S/c14-11(19)9(12(15)20)5-16-13-17-10(6-23-13)7-2-1-3-8(4-7)18(21)22/h1-6H,(H2,14,19)(H2,15,20)(H,16,17). The zero-order valence-corrected chi connectivity index (χ0v) is 12.4. The van der Waals surface area contributed by atoms with Crippen molar-refractivity contribution in [2.45, 2.75) is 0 Å². The third-order valence-electron chi connectivity index (χ3n) is 2.73. The van der Waals surface area contributed by atoms with Gasteiger partial charge in [-0.15, -0.1) is 11.3 Å². The number of rotatable bonds is 6. The number of carbonyl (C=O) groups is 2. The SMILES string of the molecule is NC(=O)C(=CNc1nc(-c2cccc([N+](=O)[O-])c2)cs1)C(N)=O. The zero-order chi connectivity index (χ0) is 17.0. The number of anilines is 1. The van der Waals surface area contributed by atoms with Crippen LogP contribution in [0.3, 0.4) is 0 Å². The number of thiazole rings is 1. The number of hydrogen-bond acceptors (Lipinski definition) is 7. The number of nitrogens with two attached hydrogens (primary N) is 2. The van der Waals surface area contributed by atoms with E-state index < -0.39 is 22.3 Å². The van der Waals surface area contributed by atoms with E-state index in [-0.39, 0.29) is 5.69 Å². The van der Waals surface area contributed by atoms with Gasteiger partial charge in [0.15, 0.2) is 5.13 Å². The van der Waals surface area contributed by atoms with E-state index in [2.05, 4.69) is 10.3 Å². The summed E-state index contributed by atoms with van der Waals surface area (Å²) in [4.78, 5) is 36.5. The number of nitro groups is 1. The molecule has 0 unspecified atom stereocenters. The summed E-state index contributed by atoms with van der Waals surface area (Å²) in [6.07, 6.45) is 1.07. The number of primary amides is 2. The molecular formula is C13H11N5O4S. The minimum Gasteiger partial charge on any atom is -0.365 e. The highest BCUT2D eigenvalue weighted by Crippen LogP contribution is 2.27. The third-order valence-corrected chi connectivity index (χ3v) is 3.50. The van der Waals surface area contributed by atoms with Crippen LogP contribution < -0.4 is 16.8 Å². The molecule has 0 spiro atoms. The van der Waals surface area contributed by atoms with Crippen LogP contribution in [0.25, 0.3) is 11.3 Å². The summed E-state index contributed by atoms with van der Waals surface area (Å²) in [6, 6.07) is 6.01. The Morgan fingerprint density at radius 2 is 2.00 bits per heavy atom. The predicted molar refractivity (Wildman–Crippen MR) is 84.3 cm³/mol. The molecule has 2 aromatic rings. The van der Waals surface area contributed by atoms with Crippen molar-refractivity contribution in [2.75, 3.05) is 5.32 Å². The number of hydrogen-bond donors (Lipinski definition) is 3. The number of non-ortho nitro benzene ring substituents is 1. The molecule has 0 aliphatic carbocycles. The molecule has 1 aromatic heterocycles. The van der Waals surface area contributed by atoms with Crippen molar-refractivity contribution in [3.05, 3.63) is 51.5 Å². The molecular weight excluding hydrogens is 322 g/mol. The largest absolute Gasteiger partial charge is 0.365 e. The van der Waals surface area contributed by atoms with Crippen LogP contribution in [0.5, 0.6) is 0 Å². The number of nitrogens with zero attached hydrogens (tertiary/aromatic N) is 2. The first-order valence-electron chi connectivity index (χ1n) is 6.15. The van der Waals surface area contributed by atoms with Crippen LogP contribution in [0.4, 0.5) is 10.8 Å². The van der Waals surface area contributed by atoms with Gasteiger partial charge >= 0.3 is 0 Å². The fourth-order valence-corrected chi connectivity index (χ4v) is 2.34. The fraction of sp³-hybridized carbons (Fsp3) is 0. The van der Waals surface area contributed by atoms with E-state index in [0.717, 1.165) is 6.20 Å². The zero-order valence-electron chi connectivity index (χ0n) is 11.6. The molecule has 10 heteroatoms. The van der Waals surface area contributed by atoms with E-state index in [0.29, 0.717) is 16.4 Å². The van der Waals surface area contributed by atoms with Gasteiger partial charge in [0.1, 0.15) is 5.57 Å². The molecule has 2 rings (SSSR count). The van der Waals surface area contributed by atoms with Gasteiger partial charge < -0.3 is 16.8 Å². The van der Waals surface area contributed by atoms with Crippen LogP contribution in [0, 0.1) is 10.1 Å². The van der Waals surface area contributed by atoms with Crippen molar-refractivity contribution in [3.8, 4) is 11.3 Å². The molecule has 0 bridgehead atoms. The lowest BCUT2D eigenvalue weighted by atomic mass is 10.1. The average Bonchev–Trinajstić information content (AvgIpc) is 2.95. The van der Waals surface area contributed by atoms with Crippen molar-refractivity contribution < 1.29 is 14.5 Å². The third kappa shape index (κ3) is 3.89. The summed E-state index contributed by atoms with van der Waals surface area (Å²) in [5.74, 6) is -1.92. The van der Waals surface area contributed by atoms with Crippen LogP contribution in [0.1, 0.15) is 0 Å². The maximum atomic E-state index is 11.0. The lowest BCUT2D eigenvalue weighted by molar-refractivity contribution is -0.384. The first kappa shape index (κ1) is 16.1. The molecule has 0 atom stereocenters. The number of nitrogens with one attached hydrogen (secondary N) is 1. The first-order valence-corrected chi connectivity index (χ1v) is 7.03. The number of amides is 2. The maximum absolute atomic E-state index is 11.0. The van der Waals surface area contributed by atoms with Gasteiger partial charge in [0.2, 0.25) is 0 Å². The first-order chi connectivity index (χ1) is 10.9. The number of aromatic nitrogens is 1. The summed E-state index contributed by atoms with van der Waals surface area (Å²) >= 11 is 1.18. The Morgan fingerprint density at radius 1 is 1.30 bits per heavy atom. The van der Waals surface area contributed by atoms with Crippen molar-refractivity contribution in [1.29, 1.82) is 0 Å². The number of benzene rings is 1. The minimum absolute atomic E-state index is 0.0466. The van der Waals surface area contributed by atoms with Crippen LogP contribution in [0.2, 0.25) is 0 Å². The van der Waals surface area contributed by atoms with Gasteiger partial charge in [-0.3, -0.25) is 19.7 Å². The summed E-state index contributed by atoms with van der Waals surface area (Å²) in [7, 11) is 0. The van der Waals surface area contributed by atoms with Crippen molar-refractivity contribution in [2.24, 2.45) is 11.5 Å². The molecule has 5 N–H and O–H groups in total. The Kier molecular flexibility index (Phi) is 4.66. The van der Waals surface area contributed by atoms with Gasteiger partial charge in [0.25, 0.3) is 17.5 Å². The summed E-state index contributed by atoms with van der Waals surface area (Å²) < 4.78 is 0. The Labute approximate surface area is 133 Å². The summed E-state index contributed by atoms with van der Waals surface area (Å²) in [5.41, 5.74) is 10.7. The highest BCUT2D eigenvalue weighted by Gasteiger charge is 2.12. The lowest BCUT2D eigenvalue weighted by Crippen LogP contribution is -2.26. The molecule has 0 radical (unpaired) electrons. The van der Waals surface area contributed by atoms with Crippen LogP contribution in [-0.2, 0) is 9.59 Å². The topological polar surface area (TPSA) is 154 Å². The van der Waals surface area contributed by atoms with Crippen molar-refractivity contribution in [1.82, 2.24) is 4.98 Å². The van der Waals surface area contributed by atoms with Gasteiger partial charge in [-0.05, 0) is 0 Å². The monoisotopic (exact) mass is 333 g/mol. The quantitative estimate of drug-likeness (QED) is 0.235. The number of nitro benzene ring substituents is 1. The van der Waals surface area contributed by atoms with E-state index in [1.807, 2.05) is 0 Å². The highest BCUT2D eigenvalue weighted by molar-refractivity contribution is 7.14. The van der Waals surface area contributed by atoms with Crippen LogP contribution in [-0.4, -0.2) is 21.7 Å². The van der Waals surface area contributed by atoms with Gasteiger partial charge in [-0.25, -0.2) is 4.98 Å². The smallest absolute Gasteiger partial charge is 0.270 e. The van der Waals surface area contributed by atoms with E-state index in [1.165, 1.54) is 23.5 Å². The van der Waals surface area contributed by atoms with Gasteiger partial charge in [0.05, 0.1) is 10.6 Å². The Morgan fingerprint density at radius 3 is 2.61 bits per heavy atom. The van der Waals surface area contributed by atoms with E-state index in [9.17, 15) is 19.7 Å².